The van der Waals surface area contributed by atoms with Gasteiger partial charge in [-0.25, -0.2) is 8.42 Å². The van der Waals surface area contributed by atoms with Crippen molar-refractivity contribution in [2.75, 3.05) is 19.3 Å². The lowest BCUT2D eigenvalue weighted by molar-refractivity contribution is -0.124. The van der Waals surface area contributed by atoms with Gasteiger partial charge in [-0.2, -0.15) is 4.31 Å². The average Bonchev–Trinajstić information content (AvgIpc) is 2.50. The number of hydrogen-bond donors (Lipinski definition) is 1. The Morgan fingerprint density at radius 3 is 2.71 bits per heavy atom. The number of carbonyl (C=O) groups excluding carboxylic acids is 1. The highest BCUT2D eigenvalue weighted by atomic mass is 32.2. The van der Waals surface area contributed by atoms with E-state index in [9.17, 15) is 13.2 Å². The largest absolute Gasteiger partial charge is 0.355 e. The van der Waals surface area contributed by atoms with Crippen LogP contribution in [0.3, 0.4) is 0 Å². The van der Waals surface area contributed by atoms with Crippen molar-refractivity contribution in [2.45, 2.75) is 25.8 Å². The molecule has 0 unspecified atom stereocenters. The van der Waals surface area contributed by atoms with Gasteiger partial charge >= 0.3 is 0 Å². The van der Waals surface area contributed by atoms with Gasteiger partial charge in [0.15, 0.2) is 0 Å². The van der Waals surface area contributed by atoms with E-state index in [1.807, 2.05) is 6.92 Å². The Bertz CT molecular complexity index is 313. The van der Waals surface area contributed by atoms with Crippen LogP contribution in [-0.4, -0.2) is 44.0 Å². The third kappa shape index (κ3) is 2.45. The van der Waals surface area contributed by atoms with Crippen molar-refractivity contribution < 1.29 is 13.2 Å². The van der Waals surface area contributed by atoms with Gasteiger partial charge in [-0.05, 0) is 19.8 Å². The van der Waals surface area contributed by atoms with E-state index in [2.05, 4.69) is 5.32 Å². The van der Waals surface area contributed by atoms with Crippen molar-refractivity contribution >= 4 is 15.9 Å². The first-order valence-electron chi connectivity index (χ1n) is 4.71. The van der Waals surface area contributed by atoms with E-state index in [-0.39, 0.29) is 5.91 Å². The second-order valence-electron chi connectivity index (χ2n) is 3.43. The van der Waals surface area contributed by atoms with E-state index < -0.39 is 16.1 Å². The molecule has 0 aliphatic carbocycles. The summed E-state index contributed by atoms with van der Waals surface area (Å²) in [6.07, 6.45) is 2.53. The molecule has 1 saturated heterocycles. The fraction of sp³-hybridized carbons (Fsp3) is 0.875. The minimum atomic E-state index is -3.24. The van der Waals surface area contributed by atoms with E-state index in [1.54, 1.807) is 0 Å². The van der Waals surface area contributed by atoms with Crippen LogP contribution in [0.25, 0.3) is 0 Å². The van der Waals surface area contributed by atoms with Gasteiger partial charge in [0.05, 0.1) is 6.26 Å². The zero-order chi connectivity index (χ0) is 10.8. The molecule has 1 aliphatic rings. The van der Waals surface area contributed by atoms with Crippen molar-refractivity contribution in [3.05, 3.63) is 0 Å². The summed E-state index contributed by atoms with van der Waals surface area (Å²) in [6.45, 7) is 2.81. The summed E-state index contributed by atoms with van der Waals surface area (Å²) in [5.74, 6) is -0.185. The normalized spacial score (nSPS) is 23.7. The first-order chi connectivity index (χ1) is 6.46. The highest BCUT2D eigenvalue weighted by molar-refractivity contribution is 7.88. The topological polar surface area (TPSA) is 66.5 Å². The van der Waals surface area contributed by atoms with E-state index in [0.717, 1.165) is 12.7 Å². The molecule has 1 atom stereocenters. The van der Waals surface area contributed by atoms with Crippen LogP contribution < -0.4 is 5.32 Å². The summed E-state index contributed by atoms with van der Waals surface area (Å²) in [5, 5.41) is 2.64. The van der Waals surface area contributed by atoms with Gasteiger partial charge in [-0.3, -0.25) is 4.79 Å². The number of carbonyl (C=O) groups is 1. The van der Waals surface area contributed by atoms with Crippen molar-refractivity contribution in [2.24, 2.45) is 0 Å². The van der Waals surface area contributed by atoms with Gasteiger partial charge in [-0.1, -0.05) is 0 Å². The summed E-state index contributed by atoms with van der Waals surface area (Å²) < 4.78 is 23.9. The lowest BCUT2D eigenvalue weighted by Crippen LogP contribution is -2.45. The number of amides is 1. The maximum atomic E-state index is 11.5. The maximum Gasteiger partial charge on any atom is 0.238 e. The predicted molar refractivity (Wildman–Crippen MR) is 53.3 cm³/mol. The lowest BCUT2D eigenvalue weighted by atomic mass is 10.2. The summed E-state index contributed by atoms with van der Waals surface area (Å²) in [4.78, 5) is 11.5. The van der Waals surface area contributed by atoms with Crippen molar-refractivity contribution in [3.8, 4) is 0 Å². The first kappa shape index (κ1) is 11.5. The average molecular weight is 220 g/mol. The zero-order valence-corrected chi connectivity index (χ0v) is 9.30. The molecule has 1 amide bonds. The minimum Gasteiger partial charge on any atom is -0.355 e. The highest BCUT2D eigenvalue weighted by Gasteiger charge is 2.35. The fourth-order valence-electron chi connectivity index (χ4n) is 1.69. The van der Waals surface area contributed by atoms with Crippen molar-refractivity contribution in [1.29, 1.82) is 0 Å². The molecule has 14 heavy (non-hydrogen) atoms. The Hall–Kier alpha value is -0.620. The van der Waals surface area contributed by atoms with Crippen LogP contribution >= 0.6 is 0 Å². The van der Waals surface area contributed by atoms with Crippen molar-refractivity contribution in [1.82, 2.24) is 9.62 Å². The third-order valence-corrected chi connectivity index (χ3v) is 3.57. The molecular weight excluding hydrogens is 204 g/mol. The van der Waals surface area contributed by atoms with Crippen molar-refractivity contribution in [3.63, 3.8) is 0 Å². The highest BCUT2D eigenvalue weighted by Crippen LogP contribution is 2.20. The Balaban J connectivity index is 2.74. The minimum absolute atomic E-state index is 0.185. The second kappa shape index (κ2) is 4.27. The van der Waals surface area contributed by atoms with E-state index in [0.29, 0.717) is 19.5 Å². The van der Waals surface area contributed by atoms with Crippen LogP contribution in [0, 0.1) is 0 Å². The summed E-state index contributed by atoms with van der Waals surface area (Å²) in [6, 6.07) is -0.495. The summed E-state index contributed by atoms with van der Waals surface area (Å²) in [7, 11) is -3.24. The standard InChI is InChI=1S/C8H16N2O3S/c1-3-9-8(11)7-5-4-6-10(7)14(2,12)13/h7H,3-6H2,1-2H3,(H,9,11)/t7-/m0/s1. The molecule has 82 valence electrons. The molecule has 0 bridgehead atoms. The molecule has 0 radical (unpaired) electrons. The van der Waals surface area contributed by atoms with Gasteiger partial charge in [0.1, 0.15) is 6.04 Å². The number of nitrogens with one attached hydrogen (secondary N) is 1. The first-order valence-corrected chi connectivity index (χ1v) is 6.56. The zero-order valence-electron chi connectivity index (χ0n) is 8.49. The SMILES string of the molecule is CCNC(=O)[C@@H]1CCCN1S(C)(=O)=O. The molecule has 6 heteroatoms. The van der Waals surface area contributed by atoms with Crippen LogP contribution in [-0.2, 0) is 14.8 Å². The van der Waals surface area contributed by atoms with Crippen LogP contribution in [0.1, 0.15) is 19.8 Å². The molecule has 0 spiro atoms. The van der Waals surface area contributed by atoms with Crippen LogP contribution in [0.4, 0.5) is 0 Å². The lowest BCUT2D eigenvalue weighted by Gasteiger charge is -2.20. The number of nitrogens with zero attached hydrogens (tertiary/aromatic N) is 1. The second-order valence-corrected chi connectivity index (χ2v) is 5.36. The molecule has 1 heterocycles. The quantitative estimate of drug-likeness (QED) is 0.700. The predicted octanol–water partition coefficient (Wildman–Crippen LogP) is -0.453. The molecule has 1 rings (SSSR count). The van der Waals surface area contributed by atoms with E-state index >= 15 is 0 Å². The molecule has 5 nitrogen and oxygen atoms in total. The molecule has 1 N–H and O–H groups in total. The Morgan fingerprint density at radius 2 is 2.21 bits per heavy atom. The maximum absolute atomic E-state index is 11.5. The van der Waals surface area contributed by atoms with Crippen LogP contribution in [0.2, 0.25) is 0 Å². The molecular formula is C8H16N2O3S. The molecule has 0 aromatic heterocycles. The number of rotatable bonds is 3. The number of sulfonamides is 1. The number of likely N-dealkylation sites (N-methyl/N-ethyl adjacent to an activating group) is 1. The monoisotopic (exact) mass is 220 g/mol. The smallest absolute Gasteiger partial charge is 0.238 e. The Labute approximate surface area is 84.5 Å². The van der Waals surface area contributed by atoms with E-state index in [1.165, 1.54) is 4.31 Å². The van der Waals surface area contributed by atoms with Gasteiger partial charge in [-0.15, -0.1) is 0 Å². The number of hydrogen-bond acceptors (Lipinski definition) is 3. The third-order valence-electron chi connectivity index (χ3n) is 2.28. The molecule has 1 aliphatic heterocycles. The molecule has 0 aromatic carbocycles. The molecule has 0 aromatic rings. The summed E-state index contributed by atoms with van der Waals surface area (Å²) >= 11 is 0. The molecule has 0 saturated carbocycles. The summed E-state index contributed by atoms with van der Waals surface area (Å²) in [5.41, 5.74) is 0. The van der Waals surface area contributed by atoms with Gasteiger partial charge in [0.25, 0.3) is 0 Å². The van der Waals surface area contributed by atoms with Gasteiger partial charge in [0, 0.05) is 13.1 Å². The van der Waals surface area contributed by atoms with Crippen LogP contribution in [0.5, 0.6) is 0 Å². The molecule has 1 fully saturated rings. The Morgan fingerprint density at radius 1 is 1.57 bits per heavy atom. The fourth-order valence-corrected chi connectivity index (χ4v) is 2.82. The van der Waals surface area contributed by atoms with E-state index in [4.69, 9.17) is 0 Å². The van der Waals surface area contributed by atoms with Crippen LogP contribution in [0.15, 0.2) is 0 Å². The van der Waals surface area contributed by atoms with Gasteiger partial charge in [0.2, 0.25) is 15.9 Å². The Kier molecular flexibility index (Phi) is 3.49. The van der Waals surface area contributed by atoms with Gasteiger partial charge < -0.3 is 5.32 Å².